The summed E-state index contributed by atoms with van der Waals surface area (Å²) in [6.07, 6.45) is 5.69. The summed E-state index contributed by atoms with van der Waals surface area (Å²) in [6, 6.07) is 0.224. The predicted molar refractivity (Wildman–Crippen MR) is 75.7 cm³/mol. The molecule has 2 atom stereocenters. The summed E-state index contributed by atoms with van der Waals surface area (Å²) in [5.41, 5.74) is 0.0145. The molecule has 3 aliphatic rings. The van der Waals surface area contributed by atoms with Gasteiger partial charge in [0.15, 0.2) is 0 Å². The molecule has 0 aromatic rings. The van der Waals surface area contributed by atoms with Crippen LogP contribution in [0.5, 0.6) is 0 Å². The van der Waals surface area contributed by atoms with Crippen LogP contribution in [-0.2, 0) is 9.47 Å². The Labute approximate surface area is 121 Å². The average Bonchev–Trinajstić information content (AvgIpc) is 3.00. The Morgan fingerprint density at radius 2 is 2.05 bits per heavy atom. The van der Waals surface area contributed by atoms with Crippen molar-refractivity contribution in [3.8, 4) is 0 Å². The molecule has 3 saturated heterocycles. The molecule has 20 heavy (non-hydrogen) atoms. The van der Waals surface area contributed by atoms with E-state index in [9.17, 15) is 4.79 Å². The highest BCUT2D eigenvalue weighted by molar-refractivity contribution is 5.75. The number of nitrogens with zero attached hydrogens (tertiary/aromatic N) is 2. The van der Waals surface area contributed by atoms with Gasteiger partial charge in [-0.15, -0.1) is 0 Å². The van der Waals surface area contributed by atoms with Gasteiger partial charge >= 0.3 is 6.03 Å². The van der Waals surface area contributed by atoms with Crippen molar-refractivity contribution in [2.24, 2.45) is 5.41 Å². The van der Waals surface area contributed by atoms with Crippen LogP contribution in [0.3, 0.4) is 0 Å². The molecule has 0 saturated carbocycles. The maximum absolute atomic E-state index is 12.6. The third kappa shape index (κ3) is 2.53. The van der Waals surface area contributed by atoms with Gasteiger partial charge in [-0.2, -0.15) is 0 Å². The van der Waals surface area contributed by atoms with Crippen LogP contribution in [0.1, 0.15) is 32.1 Å². The van der Waals surface area contributed by atoms with Gasteiger partial charge in [0.1, 0.15) is 0 Å². The topological polar surface area (TPSA) is 42.0 Å². The lowest BCUT2D eigenvalue weighted by Crippen LogP contribution is -2.59. The maximum Gasteiger partial charge on any atom is 0.320 e. The van der Waals surface area contributed by atoms with E-state index in [0.29, 0.717) is 6.61 Å². The van der Waals surface area contributed by atoms with Crippen molar-refractivity contribution in [3.63, 3.8) is 0 Å². The number of likely N-dealkylation sites (tertiary alicyclic amines) is 2. The molecule has 0 bridgehead atoms. The van der Waals surface area contributed by atoms with E-state index in [4.69, 9.17) is 9.47 Å². The highest BCUT2D eigenvalue weighted by Gasteiger charge is 2.47. The van der Waals surface area contributed by atoms with Gasteiger partial charge in [0.25, 0.3) is 0 Å². The van der Waals surface area contributed by atoms with E-state index in [1.807, 2.05) is 9.80 Å². The van der Waals surface area contributed by atoms with Crippen LogP contribution in [0.4, 0.5) is 4.79 Å². The minimum absolute atomic E-state index is 0.0145. The molecule has 2 amide bonds. The normalized spacial score (nSPS) is 34.1. The zero-order chi connectivity index (χ0) is 14.0. The fourth-order valence-electron chi connectivity index (χ4n) is 4.06. The molecule has 3 heterocycles. The van der Waals surface area contributed by atoms with Crippen LogP contribution in [0, 0.1) is 5.41 Å². The summed E-state index contributed by atoms with van der Waals surface area (Å²) in [6.45, 7) is 5.02. The van der Waals surface area contributed by atoms with Crippen LogP contribution in [0.25, 0.3) is 0 Å². The predicted octanol–water partition coefficient (Wildman–Crippen LogP) is 1.72. The highest BCUT2D eigenvalue weighted by Crippen LogP contribution is 2.40. The van der Waals surface area contributed by atoms with Crippen LogP contribution in [0.15, 0.2) is 0 Å². The molecule has 5 nitrogen and oxygen atoms in total. The van der Waals surface area contributed by atoms with Crippen LogP contribution >= 0.6 is 0 Å². The fraction of sp³-hybridized carbons (Fsp3) is 0.933. The summed E-state index contributed by atoms with van der Waals surface area (Å²) in [5.74, 6) is 0. The Morgan fingerprint density at radius 1 is 1.25 bits per heavy atom. The molecule has 0 aromatic carbocycles. The van der Waals surface area contributed by atoms with Crippen LogP contribution in [0.2, 0.25) is 0 Å². The summed E-state index contributed by atoms with van der Waals surface area (Å²) in [4.78, 5) is 16.6. The molecule has 114 valence electrons. The fourth-order valence-corrected chi connectivity index (χ4v) is 4.06. The summed E-state index contributed by atoms with van der Waals surface area (Å²) in [7, 11) is 1.75. The minimum atomic E-state index is 0.0145. The van der Waals surface area contributed by atoms with Crippen LogP contribution < -0.4 is 0 Å². The number of carbonyl (C=O) groups is 1. The third-order valence-electron chi connectivity index (χ3n) is 5.07. The lowest BCUT2D eigenvalue weighted by Gasteiger charge is -2.50. The SMILES string of the molecule is COC[C@@]12CCCO[C@@H]1CCN(C(=O)N1CCCC1)C2. The molecule has 0 aliphatic carbocycles. The van der Waals surface area contributed by atoms with E-state index in [0.717, 1.165) is 64.9 Å². The largest absolute Gasteiger partial charge is 0.384 e. The van der Waals surface area contributed by atoms with Crippen molar-refractivity contribution in [1.82, 2.24) is 9.80 Å². The monoisotopic (exact) mass is 282 g/mol. The molecule has 3 aliphatic heterocycles. The minimum Gasteiger partial charge on any atom is -0.384 e. The highest BCUT2D eigenvalue weighted by atomic mass is 16.5. The van der Waals surface area contributed by atoms with Gasteiger partial charge in [-0.25, -0.2) is 4.79 Å². The van der Waals surface area contributed by atoms with Gasteiger partial charge in [-0.05, 0) is 32.1 Å². The number of piperidine rings is 1. The van der Waals surface area contributed by atoms with Crippen molar-refractivity contribution in [1.29, 1.82) is 0 Å². The second kappa shape index (κ2) is 5.90. The van der Waals surface area contributed by atoms with Crippen LogP contribution in [-0.4, -0.2) is 68.4 Å². The van der Waals surface area contributed by atoms with Gasteiger partial charge in [0.05, 0.1) is 12.7 Å². The first-order valence-electron chi connectivity index (χ1n) is 7.90. The standard InChI is InChI=1S/C15H26N2O3/c1-19-12-15-6-4-10-20-13(15)5-9-17(11-15)14(18)16-7-2-3-8-16/h13H,2-12H2,1H3/t13-,15+/m1/s1. The smallest absolute Gasteiger partial charge is 0.320 e. The molecule has 0 N–H and O–H groups in total. The Balaban J connectivity index is 1.70. The number of hydrogen-bond donors (Lipinski definition) is 0. The molecule has 0 unspecified atom stereocenters. The molecular weight excluding hydrogens is 256 g/mol. The van der Waals surface area contributed by atoms with Gasteiger partial charge < -0.3 is 19.3 Å². The van der Waals surface area contributed by atoms with E-state index in [-0.39, 0.29) is 17.6 Å². The molecule has 5 heteroatoms. The van der Waals surface area contributed by atoms with E-state index >= 15 is 0 Å². The zero-order valence-corrected chi connectivity index (χ0v) is 12.5. The van der Waals surface area contributed by atoms with Crippen molar-refractivity contribution >= 4 is 6.03 Å². The van der Waals surface area contributed by atoms with Gasteiger partial charge in [-0.1, -0.05) is 0 Å². The number of methoxy groups -OCH3 is 1. The van der Waals surface area contributed by atoms with E-state index in [1.165, 1.54) is 0 Å². The average molecular weight is 282 g/mol. The molecule has 3 fully saturated rings. The van der Waals surface area contributed by atoms with Crippen molar-refractivity contribution in [2.75, 3.05) is 46.5 Å². The van der Waals surface area contributed by atoms with Gasteiger partial charge in [-0.3, -0.25) is 0 Å². The maximum atomic E-state index is 12.6. The number of urea groups is 1. The summed E-state index contributed by atoms with van der Waals surface area (Å²) in [5, 5.41) is 0. The number of carbonyl (C=O) groups excluding carboxylic acids is 1. The lowest BCUT2D eigenvalue weighted by molar-refractivity contribution is -0.142. The van der Waals surface area contributed by atoms with Gasteiger partial charge in [0, 0.05) is 45.3 Å². The first kappa shape index (κ1) is 14.1. The number of fused-ring (bicyclic) bond motifs is 1. The second-order valence-electron chi connectivity index (χ2n) is 6.45. The van der Waals surface area contributed by atoms with E-state index in [1.54, 1.807) is 7.11 Å². The lowest BCUT2D eigenvalue weighted by atomic mass is 9.73. The van der Waals surface area contributed by atoms with Crippen molar-refractivity contribution < 1.29 is 14.3 Å². The molecule has 0 spiro atoms. The Hall–Kier alpha value is -0.810. The second-order valence-corrected chi connectivity index (χ2v) is 6.45. The van der Waals surface area contributed by atoms with E-state index in [2.05, 4.69) is 0 Å². The van der Waals surface area contributed by atoms with E-state index < -0.39 is 0 Å². The first-order valence-corrected chi connectivity index (χ1v) is 7.90. The number of ether oxygens (including phenoxy) is 2. The molecular formula is C15H26N2O3. The Bertz CT molecular complexity index is 353. The molecule has 0 aromatic heterocycles. The van der Waals surface area contributed by atoms with Crippen molar-refractivity contribution in [3.05, 3.63) is 0 Å². The molecule has 3 rings (SSSR count). The third-order valence-corrected chi connectivity index (χ3v) is 5.07. The number of rotatable bonds is 2. The van der Waals surface area contributed by atoms with Gasteiger partial charge in [0.2, 0.25) is 0 Å². The van der Waals surface area contributed by atoms with Crippen molar-refractivity contribution in [2.45, 2.75) is 38.2 Å². The summed E-state index contributed by atoms with van der Waals surface area (Å²) >= 11 is 0. The Kier molecular flexibility index (Phi) is 4.17. The number of hydrogen-bond acceptors (Lipinski definition) is 3. The first-order chi connectivity index (χ1) is 9.75. The molecule has 0 radical (unpaired) electrons. The number of amides is 2. The summed E-state index contributed by atoms with van der Waals surface area (Å²) < 4.78 is 11.4. The zero-order valence-electron chi connectivity index (χ0n) is 12.5. The quantitative estimate of drug-likeness (QED) is 0.774. The Morgan fingerprint density at radius 3 is 2.80 bits per heavy atom.